The van der Waals surface area contributed by atoms with Gasteiger partial charge in [-0.25, -0.2) is 0 Å². The number of furan rings is 1. The number of hydrogen-bond donors (Lipinski definition) is 1. The molecule has 2 N–H and O–H groups in total. The maximum atomic E-state index is 6.12. The zero-order valence-corrected chi connectivity index (χ0v) is 10.9. The van der Waals surface area contributed by atoms with E-state index in [4.69, 9.17) is 10.2 Å². The highest BCUT2D eigenvalue weighted by Gasteiger charge is 2.13. The van der Waals surface area contributed by atoms with Gasteiger partial charge in [-0.05, 0) is 32.0 Å². The SMILES string of the molecule is CCC(C)C(N)CN(C)Cc1ccc(C)o1. The Bertz CT molecular complexity index is 309. The molecule has 2 unspecified atom stereocenters. The van der Waals surface area contributed by atoms with E-state index in [0.29, 0.717) is 5.92 Å². The second-order valence-corrected chi connectivity index (χ2v) is 4.76. The van der Waals surface area contributed by atoms with Crippen molar-refractivity contribution >= 4 is 0 Å². The molecule has 92 valence electrons. The maximum Gasteiger partial charge on any atom is 0.118 e. The number of aryl methyl sites for hydroxylation is 1. The molecule has 0 aliphatic carbocycles. The van der Waals surface area contributed by atoms with Crippen LogP contribution in [-0.4, -0.2) is 24.5 Å². The Labute approximate surface area is 98.6 Å². The predicted molar refractivity (Wildman–Crippen MR) is 67.2 cm³/mol. The fourth-order valence-electron chi connectivity index (χ4n) is 1.74. The number of likely N-dealkylation sites (N-methyl/N-ethyl adjacent to an activating group) is 1. The molecule has 1 heterocycles. The number of hydrogen-bond acceptors (Lipinski definition) is 3. The predicted octanol–water partition coefficient (Wildman–Crippen LogP) is 2.39. The van der Waals surface area contributed by atoms with Crippen LogP contribution in [0.3, 0.4) is 0 Å². The first-order chi connectivity index (χ1) is 7.52. The third kappa shape index (κ3) is 3.99. The molecule has 0 radical (unpaired) electrons. The lowest BCUT2D eigenvalue weighted by Crippen LogP contribution is -2.39. The Kier molecular flexibility index (Phi) is 5.03. The van der Waals surface area contributed by atoms with Crippen LogP contribution in [0.5, 0.6) is 0 Å². The van der Waals surface area contributed by atoms with Gasteiger partial charge < -0.3 is 10.2 Å². The molecule has 0 spiro atoms. The number of nitrogens with zero attached hydrogens (tertiary/aromatic N) is 1. The molecule has 0 aliphatic heterocycles. The van der Waals surface area contributed by atoms with Crippen LogP contribution < -0.4 is 5.73 Å². The van der Waals surface area contributed by atoms with E-state index in [1.54, 1.807) is 0 Å². The maximum absolute atomic E-state index is 6.12. The third-order valence-corrected chi connectivity index (χ3v) is 3.12. The second-order valence-electron chi connectivity index (χ2n) is 4.76. The van der Waals surface area contributed by atoms with Gasteiger partial charge in [0, 0.05) is 12.6 Å². The Balaban J connectivity index is 2.38. The summed E-state index contributed by atoms with van der Waals surface area (Å²) in [6.07, 6.45) is 1.13. The zero-order valence-electron chi connectivity index (χ0n) is 10.9. The Morgan fingerprint density at radius 3 is 2.62 bits per heavy atom. The molecular formula is C13H24N2O. The summed E-state index contributed by atoms with van der Waals surface area (Å²) >= 11 is 0. The minimum absolute atomic E-state index is 0.242. The summed E-state index contributed by atoms with van der Waals surface area (Å²) in [4.78, 5) is 2.22. The topological polar surface area (TPSA) is 42.4 Å². The fraction of sp³-hybridized carbons (Fsp3) is 0.692. The van der Waals surface area contributed by atoms with Gasteiger partial charge in [-0.15, -0.1) is 0 Å². The lowest BCUT2D eigenvalue weighted by Gasteiger charge is -2.24. The molecule has 1 rings (SSSR count). The van der Waals surface area contributed by atoms with E-state index in [-0.39, 0.29) is 6.04 Å². The average Bonchev–Trinajstić information content (AvgIpc) is 2.62. The van der Waals surface area contributed by atoms with Crippen molar-refractivity contribution in [3.8, 4) is 0 Å². The van der Waals surface area contributed by atoms with Crippen molar-refractivity contribution < 1.29 is 4.42 Å². The molecule has 2 atom stereocenters. The van der Waals surface area contributed by atoms with Gasteiger partial charge in [0.1, 0.15) is 11.5 Å². The highest BCUT2D eigenvalue weighted by molar-refractivity contribution is 5.05. The lowest BCUT2D eigenvalue weighted by atomic mass is 10.00. The van der Waals surface area contributed by atoms with Gasteiger partial charge in [-0.3, -0.25) is 4.90 Å². The van der Waals surface area contributed by atoms with Crippen LogP contribution in [0.25, 0.3) is 0 Å². The molecule has 3 heteroatoms. The molecule has 16 heavy (non-hydrogen) atoms. The Hall–Kier alpha value is -0.800. The molecule has 0 bridgehead atoms. The van der Waals surface area contributed by atoms with Crippen molar-refractivity contribution in [2.75, 3.05) is 13.6 Å². The summed E-state index contributed by atoms with van der Waals surface area (Å²) in [5, 5.41) is 0. The molecule has 0 saturated carbocycles. The van der Waals surface area contributed by atoms with Crippen molar-refractivity contribution in [2.45, 2.75) is 39.8 Å². The molecule has 0 amide bonds. The van der Waals surface area contributed by atoms with Crippen LogP contribution in [0.15, 0.2) is 16.5 Å². The van der Waals surface area contributed by atoms with Gasteiger partial charge in [0.15, 0.2) is 0 Å². The third-order valence-electron chi connectivity index (χ3n) is 3.12. The molecule has 3 nitrogen and oxygen atoms in total. The molecule has 1 aromatic heterocycles. The smallest absolute Gasteiger partial charge is 0.118 e. The van der Waals surface area contributed by atoms with Crippen LogP contribution in [0.1, 0.15) is 31.8 Å². The van der Waals surface area contributed by atoms with Crippen LogP contribution in [0.2, 0.25) is 0 Å². The summed E-state index contributed by atoms with van der Waals surface area (Å²) in [5.41, 5.74) is 6.12. The van der Waals surface area contributed by atoms with E-state index in [9.17, 15) is 0 Å². The number of nitrogens with two attached hydrogens (primary N) is 1. The Morgan fingerprint density at radius 2 is 2.12 bits per heavy atom. The largest absolute Gasteiger partial charge is 0.465 e. The van der Waals surface area contributed by atoms with E-state index < -0.39 is 0 Å². The zero-order chi connectivity index (χ0) is 12.1. The van der Waals surface area contributed by atoms with E-state index in [2.05, 4.69) is 25.8 Å². The van der Waals surface area contributed by atoms with E-state index in [1.165, 1.54) is 0 Å². The standard InChI is InChI=1S/C13H24N2O/c1-5-10(2)13(14)9-15(4)8-12-7-6-11(3)16-12/h6-7,10,13H,5,8-9,14H2,1-4H3. The van der Waals surface area contributed by atoms with Crippen molar-refractivity contribution in [2.24, 2.45) is 11.7 Å². The van der Waals surface area contributed by atoms with Crippen LogP contribution in [-0.2, 0) is 6.54 Å². The molecule has 0 saturated heterocycles. The van der Waals surface area contributed by atoms with Crippen molar-refractivity contribution in [3.05, 3.63) is 23.7 Å². The molecule has 0 fully saturated rings. The minimum Gasteiger partial charge on any atom is -0.465 e. The molecule has 1 aromatic rings. The Morgan fingerprint density at radius 1 is 1.44 bits per heavy atom. The van der Waals surface area contributed by atoms with E-state index in [1.807, 2.05) is 19.1 Å². The van der Waals surface area contributed by atoms with Gasteiger partial charge in [0.05, 0.1) is 6.54 Å². The summed E-state index contributed by atoms with van der Waals surface area (Å²) in [6.45, 7) is 8.09. The van der Waals surface area contributed by atoms with Gasteiger partial charge in [-0.1, -0.05) is 20.3 Å². The second kappa shape index (κ2) is 6.06. The van der Waals surface area contributed by atoms with Gasteiger partial charge >= 0.3 is 0 Å². The fourth-order valence-corrected chi connectivity index (χ4v) is 1.74. The highest BCUT2D eigenvalue weighted by Crippen LogP contribution is 2.11. The highest BCUT2D eigenvalue weighted by atomic mass is 16.3. The number of rotatable bonds is 6. The van der Waals surface area contributed by atoms with E-state index >= 15 is 0 Å². The monoisotopic (exact) mass is 224 g/mol. The summed E-state index contributed by atoms with van der Waals surface area (Å²) in [5.74, 6) is 2.55. The first-order valence-electron chi connectivity index (χ1n) is 6.02. The first-order valence-corrected chi connectivity index (χ1v) is 6.02. The normalized spacial score (nSPS) is 15.4. The van der Waals surface area contributed by atoms with Gasteiger partial charge in [-0.2, -0.15) is 0 Å². The van der Waals surface area contributed by atoms with Gasteiger partial charge in [0.2, 0.25) is 0 Å². The van der Waals surface area contributed by atoms with Crippen LogP contribution in [0, 0.1) is 12.8 Å². The summed E-state index contributed by atoms with van der Waals surface area (Å²) < 4.78 is 5.54. The first kappa shape index (κ1) is 13.3. The summed E-state index contributed by atoms with van der Waals surface area (Å²) in [7, 11) is 2.08. The van der Waals surface area contributed by atoms with Crippen molar-refractivity contribution in [3.63, 3.8) is 0 Å². The van der Waals surface area contributed by atoms with Crippen LogP contribution >= 0.6 is 0 Å². The van der Waals surface area contributed by atoms with Crippen molar-refractivity contribution in [1.82, 2.24) is 4.90 Å². The van der Waals surface area contributed by atoms with Crippen LogP contribution in [0.4, 0.5) is 0 Å². The van der Waals surface area contributed by atoms with Gasteiger partial charge in [0.25, 0.3) is 0 Å². The average molecular weight is 224 g/mol. The van der Waals surface area contributed by atoms with E-state index in [0.717, 1.165) is 31.0 Å². The lowest BCUT2D eigenvalue weighted by molar-refractivity contribution is 0.248. The quantitative estimate of drug-likeness (QED) is 0.806. The summed E-state index contributed by atoms with van der Waals surface area (Å²) in [6, 6.07) is 4.27. The van der Waals surface area contributed by atoms with Crippen molar-refractivity contribution in [1.29, 1.82) is 0 Å². The molecule has 0 aliphatic rings. The molecule has 0 aromatic carbocycles. The molecular weight excluding hydrogens is 200 g/mol. The minimum atomic E-state index is 0.242.